The van der Waals surface area contributed by atoms with Gasteiger partial charge in [0.25, 0.3) is 0 Å². The number of urea groups is 1. The monoisotopic (exact) mass is 342 g/mol. The van der Waals surface area contributed by atoms with Crippen LogP contribution in [0.5, 0.6) is 5.75 Å². The van der Waals surface area contributed by atoms with Crippen LogP contribution in [-0.2, 0) is 10.0 Å². The SMILES string of the molecule is NC(=O)N(c1ccccn1)c1ccc(Cl)c(S(N)(=O)=O)c1O. The first-order chi connectivity index (χ1) is 10.2. The lowest BCUT2D eigenvalue weighted by molar-refractivity contribution is 0.255. The Hall–Kier alpha value is -2.36. The predicted octanol–water partition coefficient (Wildman–Crippen LogP) is 1.30. The number of aromatic nitrogens is 1. The molecular weight excluding hydrogens is 332 g/mol. The number of primary amides is 1. The van der Waals surface area contributed by atoms with Gasteiger partial charge in [-0.1, -0.05) is 17.7 Å². The predicted molar refractivity (Wildman–Crippen MR) is 80.4 cm³/mol. The van der Waals surface area contributed by atoms with Crippen LogP contribution < -0.4 is 15.8 Å². The Kier molecular flexibility index (Phi) is 4.22. The van der Waals surface area contributed by atoms with Gasteiger partial charge in [0.2, 0.25) is 10.0 Å². The number of sulfonamides is 1. The number of phenols is 1. The molecule has 1 aromatic carbocycles. The van der Waals surface area contributed by atoms with E-state index in [1.165, 1.54) is 24.4 Å². The number of aromatic hydroxyl groups is 1. The molecule has 1 heterocycles. The second kappa shape index (κ2) is 5.79. The summed E-state index contributed by atoms with van der Waals surface area (Å²) >= 11 is 5.75. The van der Waals surface area contributed by atoms with Gasteiger partial charge in [0, 0.05) is 6.20 Å². The van der Waals surface area contributed by atoms with E-state index in [4.69, 9.17) is 22.5 Å². The van der Waals surface area contributed by atoms with Crippen molar-refractivity contribution in [3.8, 4) is 5.75 Å². The topological polar surface area (TPSA) is 140 Å². The maximum atomic E-state index is 11.7. The number of hydrogen-bond donors (Lipinski definition) is 3. The number of halogens is 1. The lowest BCUT2D eigenvalue weighted by Gasteiger charge is -2.21. The maximum absolute atomic E-state index is 11.7. The highest BCUT2D eigenvalue weighted by Crippen LogP contribution is 2.40. The highest BCUT2D eigenvalue weighted by molar-refractivity contribution is 7.89. The molecule has 2 aromatic rings. The summed E-state index contributed by atoms with van der Waals surface area (Å²) in [5.74, 6) is -0.701. The van der Waals surface area contributed by atoms with E-state index in [1.807, 2.05) is 0 Å². The molecule has 0 saturated carbocycles. The molecule has 116 valence electrons. The van der Waals surface area contributed by atoms with Crippen LogP contribution in [0.25, 0.3) is 0 Å². The third-order valence-corrected chi connectivity index (χ3v) is 4.10. The Morgan fingerprint density at radius 2 is 1.95 bits per heavy atom. The van der Waals surface area contributed by atoms with E-state index in [9.17, 15) is 18.3 Å². The normalized spacial score (nSPS) is 11.2. The van der Waals surface area contributed by atoms with Gasteiger partial charge in [-0.2, -0.15) is 0 Å². The third kappa shape index (κ3) is 2.96. The molecule has 0 radical (unpaired) electrons. The minimum absolute atomic E-state index is 0.0907. The largest absolute Gasteiger partial charge is 0.504 e. The highest BCUT2D eigenvalue weighted by Gasteiger charge is 2.27. The number of amides is 2. The molecule has 2 amide bonds. The molecule has 2 rings (SSSR count). The maximum Gasteiger partial charge on any atom is 0.325 e. The van der Waals surface area contributed by atoms with Crippen molar-refractivity contribution in [2.24, 2.45) is 10.9 Å². The number of primary sulfonamides is 1. The number of hydrogen-bond acceptors (Lipinski definition) is 5. The summed E-state index contributed by atoms with van der Waals surface area (Å²) in [7, 11) is -4.31. The van der Waals surface area contributed by atoms with Crippen LogP contribution in [0.1, 0.15) is 0 Å². The number of pyridine rings is 1. The van der Waals surface area contributed by atoms with Gasteiger partial charge < -0.3 is 10.8 Å². The Morgan fingerprint density at radius 1 is 1.27 bits per heavy atom. The first-order valence-electron chi connectivity index (χ1n) is 5.78. The number of benzene rings is 1. The van der Waals surface area contributed by atoms with Crippen molar-refractivity contribution in [3.63, 3.8) is 0 Å². The van der Waals surface area contributed by atoms with E-state index in [2.05, 4.69) is 4.98 Å². The van der Waals surface area contributed by atoms with Crippen LogP contribution in [-0.4, -0.2) is 24.5 Å². The molecule has 0 unspecified atom stereocenters. The van der Waals surface area contributed by atoms with E-state index in [0.29, 0.717) is 0 Å². The number of nitrogens with two attached hydrogens (primary N) is 2. The molecule has 0 aliphatic heterocycles. The average molecular weight is 343 g/mol. The van der Waals surface area contributed by atoms with Crippen LogP contribution in [0.4, 0.5) is 16.3 Å². The summed E-state index contributed by atoms with van der Waals surface area (Å²) in [5.41, 5.74) is 5.08. The molecule has 8 nitrogen and oxygen atoms in total. The molecule has 0 aliphatic rings. The van der Waals surface area contributed by atoms with Crippen LogP contribution in [0.3, 0.4) is 0 Å². The smallest absolute Gasteiger partial charge is 0.325 e. The molecule has 0 saturated heterocycles. The number of anilines is 2. The molecule has 0 aliphatic carbocycles. The van der Waals surface area contributed by atoms with E-state index in [-0.39, 0.29) is 16.5 Å². The fraction of sp³-hybridized carbons (Fsp3) is 0. The second-order valence-corrected chi connectivity index (χ2v) is 6.06. The minimum Gasteiger partial charge on any atom is -0.504 e. The van der Waals surface area contributed by atoms with Crippen molar-refractivity contribution >= 4 is 39.2 Å². The molecule has 5 N–H and O–H groups in total. The van der Waals surface area contributed by atoms with E-state index >= 15 is 0 Å². The van der Waals surface area contributed by atoms with Gasteiger partial charge in [-0.15, -0.1) is 0 Å². The molecule has 22 heavy (non-hydrogen) atoms. The summed E-state index contributed by atoms with van der Waals surface area (Å²) in [6.45, 7) is 0. The van der Waals surface area contributed by atoms with Crippen molar-refractivity contribution in [1.82, 2.24) is 4.98 Å². The van der Waals surface area contributed by atoms with Gasteiger partial charge in [-0.05, 0) is 24.3 Å². The van der Waals surface area contributed by atoms with Crippen LogP contribution in [0.2, 0.25) is 5.02 Å². The number of phenolic OH excluding ortho intramolecular Hbond substituents is 1. The number of carbonyl (C=O) groups excluding carboxylic acids is 1. The molecule has 0 spiro atoms. The Morgan fingerprint density at radius 3 is 2.45 bits per heavy atom. The first-order valence-corrected chi connectivity index (χ1v) is 7.70. The molecule has 0 fully saturated rings. The van der Waals surface area contributed by atoms with E-state index in [0.717, 1.165) is 4.90 Å². The summed E-state index contributed by atoms with van der Waals surface area (Å²) in [4.78, 5) is 15.7. The standard InChI is InChI=1S/C12H11ClN4O4S/c13-7-4-5-8(10(18)11(7)22(15,20)21)17(12(14)19)9-3-1-2-6-16-9/h1-6,18H,(H2,14,19)(H2,15,20,21). The van der Waals surface area contributed by atoms with Gasteiger partial charge in [0.1, 0.15) is 10.7 Å². The lowest BCUT2D eigenvalue weighted by atomic mass is 10.2. The van der Waals surface area contributed by atoms with Gasteiger partial charge >= 0.3 is 6.03 Å². The number of rotatable bonds is 3. The van der Waals surface area contributed by atoms with Crippen molar-refractivity contribution in [1.29, 1.82) is 0 Å². The lowest BCUT2D eigenvalue weighted by Crippen LogP contribution is -2.32. The van der Waals surface area contributed by atoms with Crippen LogP contribution in [0, 0.1) is 0 Å². The quantitative estimate of drug-likeness (QED) is 0.771. The Balaban J connectivity index is 2.73. The summed E-state index contributed by atoms with van der Waals surface area (Å²) in [5, 5.41) is 14.9. The fourth-order valence-electron chi connectivity index (χ4n) is 1.83. The van der Waals surface area contributed by atoms with E-state index in [1.54, 1.807) is 12.1 Å². The highest BCUT2D eigenvalue weighted by atomic mass is 35.5. The van der Waals surface area contributed by atoms with Gasteiger partial charge in [-0.3, -0.25) is 0 Å². The zero-order chi connectivity index (χ0) is 16.5. The summed E-state index contributed by atoms with van der Waals surface area (Å²) in [6.07, 6.45) is 1.40. The van der Waals surface area contributed by atoms with Gasteiger partial charge in [0.05, 0.1) is 10.7 Å². The van der Waals surface area contributed by atoms with Crippen molar-refractivity contribution < 1.29 is 18.3 Å². The molecule has 0 bridgehead atoms. The molecule has 1 aromatic heterocycles. The van der Waals surface area contributed by atoms with E-state index < -0.39 is 26.7 Å². The van der Waals surface area contributed by atoms with Crippen LogP contribution >= 0.6 is 11.6 Å². The van der Waals surface area contributed by atoms with Crippen molar-refractivity contribution in [2.45, 2.75) is 4.90 Å². The molecular formula is C12H11ClN4O4S. The minimum atomic E-state index is -4.31. The number of nitrogens with zero attached hydrogens (tertiary/aromatic N) is 2. The first kappa shape index (κ1) is 16.0. The number of carbonyl (C=O) groups is 1. The molecule has 10 heteroatoms. The second-order valence-electron chi connectivity index (χ2n) is 4.15. The van der Waals surface area contributed by atoms with Crippen molar-refractivity contribution in [2.75, 3.05) is 4.90 Å². The fourth-order valence-corrected chi connectivity index (χ4v) is 3.02. The molecule has 0 atom stereocenters. The average Bonchev–Trinajstić information content (AvgIpc) is 2.41. The Bertz CT molecular complexity index is 827. The zero-order valence-corrected chi connectivity index (χ0v) is 12.5. The van der Waals surface area contributed by atoms with Gasteiger partial charge in [-0.25, -0.2) is 28.2 Å². The van der Waals surface area contributed by atoms with Crippen LogP contribution in [0.15, 0.2) is 41.4 Å². The zero-order valence-electron chi connectivity index (χ0n) is 11.0. The third-order valence-electron chi connectivity index (χ3n) is 2.69. The van der Waals surface area contributed by atoms with Gasteiger partial charge in [0.15, 0.2) is 5.75 Å². The summed E-state index contributed by atoms with van der Waals surface area (Å²) in [6, 6.07) is 6.08. The Labute approximate surface area is 131 Å². The summed E-state index contributed by atoms with van der Waals surface area (Å²) < 4.78 is 23.1. The van der Waals surface area contributed by atoms with Crippen molar-refractivity contribution in [3.05, 3.63) is 41.6 Å².